The molecule has 0 aromatic heterocycles. The largest absolute Gasteiger partial charge is 0.371 e. The molecule has 1 aromatic carbocycles. The summed E-state index contributed by atoms with van der Waals surface area (Å²) in [6.07, 6.45) is 2.76. The summed E-state index contributed by atoms with van der Waals surface area (Å²) in [5, 5.41) is 0. The number of benzene rings is 1. The second-order valence-electron chi connectivity index (χ2n) is 4.68. The van der Waals surface area contributed by atoms with E-state index >= 15 is 0 Å². The van der Waals surface area contributed by atoms with E-state index in [1.165, 1.54) is 24.1 Å². The Labute approximate surface area is 106 Å². The normalized spacial score (nSPS) is 17.2. The lowest BCUT2D eigenvalue weighted by Crippen LogP contribution is -2.30. The van der Waals surface area contributed by atoms with Crippen LogP contribution in [0, 0.1) is 5.92 Å². The van der Waals surface area contributed by atoms with Crippen molar-refractivity contribution in [2.45, 2.75) is 32.4 Å². The van der Waals surface area contributed by atoms with E-state index in [-0.39, 0.29) is 0 Å². The first-order valence-corrected chi connectivity index (χ1v) is 6.64. The second-order valence-corrected chi connectivity index (χ2v) is 5.53. The minimum absolute atomic E-state index is 0.598. The molecule has 3 heteroatoms. The van der Waals surface area contributed by atoms with E-state index in [0.29, 0.717) is 12.6 Å². The van der Waals surface area contributed by atoms with Gasteiger partial charge in [-0.15, -0.1) is 0 Å². The average Bonchev–Trinajstić information content (AvgIpc) is 3.10. The van der Waals surface area contributed by atoms with Crippen LogP contribution in [0.2, 0.25) is 0 Å². The maximum atomic E-state index is 5.63. The number of halogens is 1. The number of hydrogen-bond acceptors (Lipinski definition) is 2. The van der Waals surface area contributed by atoms with Gasteiger partial charge in [-0.25, -0.2) is 0 Å². The molecular weight excluding hydrogens is 264 g/mol. The van der Waals surface area contributed by atoms with Crippen molar-refractivity contribution in [2.75, 3.05) is 11.9 Å². The summed E-state index contributed by atoms with van der Waals surface area (Å²) < 4.78 is 1.14. The molecule has 1 aliphatic carbocycles. The zero-order chi connectivity index (χ0) is 11.7. The van der Waals surface area contributed by atoms with Crippen LogP contribution in [0.1, 0.15) is 25.3 Å². The molecule has 2 N–H and O–H groups in total. The molecule has 0 spiro atoms. The summed E-state index contributed by atoms with van der Waals surface area (Å²) in [6, 6.07) is 7.01. The van der Waals surface area contributed by atoms with Crippen LogP contribution in [0.5, 0.6) is 0 Å². The summed E-state index contributed by atoms with van der Waals surface area (Å²) in [5.74, 6) is 0.881. The molecule has 0 aliphatic heterocycles. The topological polar surface area (TPSA) is 29.3 Å². The summed E-state index contributed by atoms with van der Waals surface area (Å²) in [6.45, 7) is 2.90. The Kier molecular flexibility index (Phi) is 3.55. The standard InChI is InChI=1S/C13H19BrN2/c1-9(11-4-5-11)16(2)13-6-3-10(8-15)7-12(13)14/h3,6-7,9,11H,4-5,8,15H2,1-2H3. The fourth-order valence-corrected chi connectivity index (χ4v) is 2.78. The minimum atomic E-state index is 0.598. The van der Waals surface area contributed by atoms with Crippen molar-refractivity contribution in [3.05, 3.63) is 28.2 Å². The molecule has 1 saturated carbocycles. The van der Waals surface area contributed by atoms with Crippen LogP contribution in [0.25, 0.3) is 0 Å². The molecule has 0 radical (unpaired) electrons. The molecule has 2 nitrogen and oxygen atoms in total. The zero-order valence-corrected chi connectivity index (χ0v) is 11.5. The molecule has 1 atom stereocenters. The van der Waals surface area contributed by atoms with Gasteiger partial charge in [0.1, 0.15) is 0 Å². The van der Waals surface area contributed by atoms with Gasteiger partial charge in [0.15, 0.2) is 0 Å². The molecule has 1 unspecified atom stereocenters. The third kappa shape index (κ3) is 2.41. The van der Waals surface area contributed by atoms with E-state index in [1.807, 2.05) is 0 Å². The van der Waals surface area contributed by atoms with Crippen LogP contribution in [0.15, 0.2) is 22.7 Å². The van der Waals surface area contributed by atoms with E-state index in [4.69, 9.17) is 5.73 Å². The number of nitrogens with zero attached hydrogens (tertiary/aromatic N) is 1. The van der Waals surface area contributed by atoms with Crippen molar-refractivity contribution in [3.63, 3.8) is 0 Å². The van der Waals surface area contributed by atoms with Gasteiger partial charge in [-0.3, -0.25) is 0 Å². The molecule has 1 fully saturated rings. The van der Waals surface area contributed by atoms with Gasteiger partial charge in [-0.1, -0.05) is 6.07 Å². The predicted molar refractivity (Wildman–Crippen MR) is 72.6 cm³/mol. The Morgan fingerprint density at radius 2 is 2.19 bits per heavy atom. The van der Waals surface area contributed by atoms with Gasteiger partial charge in [0, 0.05) is 24.1 Å². The highest BCUT2D eigenvalue weighted by atomic mass is 79.9. The van der Waals surface area contributed by atoms with Gasteiger partial charge >= 0.3 is 0 Å². The molecule has 0 bridgehead atoms. The number of nitrogens with two attached hydrogens (primary N) is 1. The van der Waals surface area contributed by atoms with Crippen LogP contribution < -0.4 is 10.6 Å². The number of anilines is 1. The van der Waals surface area contributed by atoms with Gasteiger partial charge in [0.2, 0.25) is 0 Å². The van der Waals surface area contributed by atoms with Gasteiger partial charge < -0.3 is 10.6 Å². The third-order valence-electron chi connectivity index (χ3n) is 3.54. The Morgan fingerprint density at radius 1 is 1.50 bits per heavy atom. The van der Waals surface area contributed by atoms with Gasteiger partial charge in [0.05, 0.1) is 5.69 Å². The summed E-state index contributed by atoms with van der Waals surface area (Å²) in [5.41, 5.74) is 8.06. The fraction of sp³-hybridized carbons (Fsp3) is 0.538. The van der Waals surface area contributed by atoms with E-state index in [0.717, 1.165) is 10.4 Å². The van der Waals surface area contributed by atoms with Gasteiger partial charge in [-0.2, -0.15) is 0 Å². The maximum absolute atomic E-state index is 5.63. The lowest BCUT2D eigenvalue weighted by atomic mass is 10.1. The summed E-state index contributed by atoms with van der Waals surface area (Å²) >= 11 is 3.63. The monoisotopic (exact) mass is 282 g/mol. The average molecular weight is 283 g/mol. The SMILES string of the molecule is CC(C1CC1)N(C)c1ccc(CN)cc1Br. The van der Waals surface area contributed by atoms with Gasteiger partial charge in [0.25, 0.3) is 0 Å². The predicted octanol–water partition coefficient (Wildman–Crippen LogP) is 3.14. The first-order valence-electron chi connectivity index (χ1n) is 5.85. The van der Waals surface area contributed by atoms with Crippen molar-refractivity contribution >= 4 is 21.6 Å². The molecule has 2 rings (SSSR count). The zero-order valence-electron chi connectivity index (χ0n) is 9.91. The molecule has 16 heavy (non-hydrogen) atoms. The van der Waals surface area contributed by atoms with E-state index < -0.39 is 0 Å². The number of rotatable bonds is 4. The Morgan fingerprint density at radius 3 is 2.69 bits per heavy atom. The summed E-state index contributed by atoms with van der Waals surface area (Å²) in [7, 11) is 2.17. The smallest absolute Gasteiger partial charge is 0.0510 e. The van der Waals surface area contributed by atoms with E-state index in [9.17, 15) is 0 Å². The molecule has 0 amide bonds. The highest BCUT2D eigenvalue weighted by Crippen LogP contribution is 2.38. The van der Waals surface area contributed by atoms with Crippen LogP contribution in [-0.2, 0) is 6.54 Å². The first kappa shape index (κ1) is 11.9. The van der Waals surface area contributed by atoms with Crippen LogP contribution in [0.3, 0.4) is 0 Å². The van der Waals surface area contributed by atoms with Crippen LogP contribution in [0.4, 0.5) is 5.69 Å². The highest BCUT2D eigenvalue weighted by Gasteiger charge is 2.31. The lowest BCUT2D eigenvalue weighted by Gasteiger charge is -2.28. The van der Waals surface area contributed by atoms with Crippen molar-refractivity contribution in [3.8, 4) is 0 Å². The quantitative estimate of drug-likeness (QED) is 0.919. The highest BCUT2D eigenvalue weighted by molar-refractivity contribution is 9.10. The van der Waals surface area contributed by atoms with Crippen LogP contribution in [-0.4, -0.2) is 13.1 Å². The molecule has 0 saturated heterocycles. The Balaban J connectivity index is 2.18. The fourth-order valence-electron chi connectivity index (χ4n) is 2.08. The Hall–Kier alpha value is -0.540. The second kappa shape index (κ2) is 4.76. The van der Waals surface area contributed by atoms with Gasteiger partial charge in [-0.05, 0) is 59.3 Å². The van der Waals surface area contributed by atoms with Crippen molar-refractivity contribution in [1.29, 1.82) is 0 Å². The van der Waals surface area contributed by atoms with E-state index in [1.54, 1.807) is 0 Å². The third-order valence-corrected chi connectivity index (χ3v) is 4.18. The Bertz CT molecular complexity index is 374. The lowest BCUT2D eigenvalue weighted by molar-refractivity contribution is 0.608. The van der Waals surface area contributed by atoms with Crippen LogP contribution >= 0.6 is 15.9 Å². The molecule has 0 heterocycles. The molecular formula is C13H19BrN2. The molecule has 88 valence electrons. The summed E-state index contributed by atoms with van der Waals surface area (Å²) in [4.78, 5) is 2.36. The van der Waals surface area contributed by atoms with Crippen molar-refractivity contribution < 1.29 is 0 Å². The molecule has 1 aromatic rings. The molecule has 1 aliphatic rings. The first-order chi connectivity index (χ1) is 7.63. The number of hydrogen-bond donors (Lipinski definition) is 1. The van der Waals surface area contributed by atoms with Crippen molar-refractivity contribution in [1.82, 2.24) is 0 Å². The maximum Gasteiger partial charge on any atom is 0.0510 e. The minimum Gasteiger partial charge on any atom is -0.371 e. The van der Waals surface area contributed by atoms with Crippen molar-refractivity contribution in [2.24, 2.45) is 11.7 Å². The van der Waals surface area contributed by atoms with E-state index in [2.05, 4.69) is 53.0 Å².